The standard InChI is InChI=1S/C13H24O2Si/c1-10(2)13(14)15-11-6-8-12(9-7-11)16(3,4)5/h11-12H,1,6-9H2,2-5H3. The third-order valence-electron chi connectivity index (χ3n) is 3.52. The van der Waals surface area contributed by atoms with Gasteiger partial charge in [-0.1, -0.05) is 26.2 Å². The topological polar surface area (TPSA) is 26.3 Å². The number of rotatable bonds is 3. The molecule has 1 rings (SSSR count). The maximum Gasteiger partial charge on any atom is 0.333 e. The molecule has 0 aromatic carbocycles. The molecule has 16 heavy (non-hydrogen) atoms. The minimum atomic E-state index is -1.01. The van der Waals surface area contributed by atoms with Gasteiger partial charge in [0, 0.05) is 13.6 Å². The second-order valence-electron chi connectivity index (χ2n) is 6.03. The summed E-state index contributed by atoms with van der Waals surface area (Å²) >= 11 is 0. The molecule has 0 heterocycles. The van der Waals surface area contributed by atoms with Crippen molar-refractivity contribution in [3.8, 4) is 0 Å². The monoisotopic (exact) mass is 240 g/mol. The molecule has 0 bridgehead atoms. The molecule has 92 valence electrons. The van der Waals surface area contributed by atoms with E-state index in [-0.39, 0.29) is 12.1 Å². The first kappa shape index (κ1) is 13.5. The number of esters is 1. The zero-order chi connectivity index (χ0) is 12.3. The summed E-state index contributed by atoms with van der Waals surface area (Å²) in [7, 11) is -1.01. The van der Waals surface area contributed by atoms with Gasteiger partial charge in [0.2, 0.25) is 0 Å². The van der Waals surface area contributed by atoms with Crippen molar-refractivity contribution in [3.05, 3.63) is 12.2 Å². The average molecular weight is 240 g/mol. The molecule has 1 fully saturated rings. The molecule has 1 aliphatic carbocycles. The van der Waals surface area contributed by atoms with Gasteiger partial charge in [0.05, 0.1) is 0 Å². The first-order chi connectivity index (χ1) is 7.30. The van der Waals surface area contributed by atoms with Crippen LogP contribution in [0.4, 0.5) is 0 Å². The predicted molar refractivity (Wildman–Crippen MR) is 70.3 cm³/mol. The van der Waals surface area contributed by atoms with Crippen molar-refractivity contribution in [2.24, 2.45) is 0 Å². The SMILES string of the molecule is C=C(C)C(=O)OC1CCC([Si](C)(C)C)CC1. The largest absolute Gasteiger partial charge is 0.459 e. The Morgan fingerprint density at radius 3 is 2.06 bits per heavy atom. The number of hydrogen-bond donors (Lipinski definition) is 0. The van der Waals surface area contributed by atoms with Gasteiger partial charge >= 0.3 is 5.97 Å². The summed E-state index contributed by atoms with van der Waals surface area (Å²) in [5, 5.41) is 0. The highest BCUT2D eigenvalue weighted by Crippen LogP contribution is 2.37. The van der Waals surface area contributed by atoms with Crippen molar-refractivity contribution in [3.63, 3.8) is 0 Å². The molecule has 0 amide bonds. The Kier molecular flexibility index (Phi) is 4.36. The molecule has 0 radical (unpaired) electrons. The van der Waals surface area contributed by atoms with Crippen molar-refractivity contribution in [2.75, 3.05) is 0 Å². The van der Waals surface area contributed by atoms with Crippen molar-refractivity contribution in [2.45, 2.75) is 63.9 Å². The molecule has 3 heteroatoms. The van der Waals surface area contributed by atoms with E-state index in [0.717, 1.165) is 18.4 Å². The summed E-state index contributed by atoms with van der Waals surface area (Å²) in [5.74, 6) is -0.226. The van der Waals surface area contributed by atoms with Crippen LogP contribution in [0.3, 0.4) is 0 Å². The number of ether oxygens (including phenoxy) is 1. The van der Waals surface area contributed by atoms with E-state index < -0.39 is 8.07 Å². The van der Waals surface area contributed by atoms with Gasteiger partial charge in [-0.2, -0.15) is 0 Å². The summed E-state index contributed by atoms with van der Waals surface area (Å²) in [6.45, 7) is 12.6. The zero-order valence-electron chi connectivity index (χ0n) is 11.0. The Balaban J connectivity index is 2.38. The van der Waals surface area contributed by atoms with Crippen LogP contribution in [-0.4, -0.2) is 20.1 Å². The highest BCUT2D eigenvalue weighted by atomic mass is 28.3. The Morgan fingerprint density at radius 1 is 1.19 bits per heavy atom. The van der Waals surface area contributed by atoms with E-state index in [0.29, 0.717) is 5.57 Å². The maximum atomic E-state index is 11.4. The minimum Gasteiger partial charge on any atom is -0.459 e. The molecule has 0 spiro atoms. The van der Waals surface area contributed by atoms with Gasteiger partial charge in [-0.05, 0) is 38.1 Å². The Morgan fingerprint density at radius 2 is 1.69 bits per heavy atom. The van der Waals surface area contributed by atoms with Crippen LogP contribution in [0.1, 0.15) is 32.6 Å². The summed E-state index contributed by atoms with van der Waals surface area (Å²) in [4.78, 5) is 11.4. The van der Waals surface area contributed by atoms with Crippen molar-refractivity contribution in [1.29, 1.82) is 0 Å². The fraction of sp³-hybridized carbons (Fsp3) is 0.769. The van der Waals surface area contributed by atoms with Crippen molar-refractivity contribution < 1.29 is 9.53 Å². The van der Waals surface area contributed by atoms with E-state index in [2.05, 4.69) is 26.2 Å². The van der Waals surface area contributed by atoms with E-state index in [4.69, 9.17) is 4.74 Å². The van der Waals surface area contributed by atoms with Crippen LogP contribution in [0.2, 0.25) is 25.2 Å². The van der Waals surface area contributed by atoms with Crippen molar-refractivity contribution in [1.82, 2.24) is 0 Å². The first-order valence-corrected chi connectivity index (χ1v) is 9.75. The van der Waals surface area contributed by atoms with Gasteiger partial charge in [-0.15, -0.1) is 0 Å². The van der Waals surface area contributed by atoms with Crippen LogP contribution in [0.25, 0.3) is 0 Å². The lowest BCUT2D eigenvalue weighted by molar-refractivity contribution is -0.145. The maximum absolute atomic E-state index is 11.4. The average Bonchev–Trinajstić information content (AvgIpc) is 2.17. The fourth-order valence-electron chi connectivity index (χ4n) is 2.30. The molecule has 0 atom stereocenters. The lowest BCUT2D eigenvalue weighted by Crippen LogP contribution is -2.33. The first-order valence-electron chi connectivity index (χ1n) is 6.17. The Labute approximate surface area is 100 Å². The summed E-state index contributed by atoms with van der Waals surface area (Å²) < 4.78 is 5.39. The third kappa shape index (κ3) is 3.78. The van der Waals surface area contributed by atoms with Crippen LogP contribution in [0.15, 0.2) is 12.2 Å². The third-order valence-corrected chi connectivity index (χ3v) is 6.55. The van der Waals surface area contributed by atoms with Gasteiger partial charge in [0.15, 0.2) is 0 Å². The van der Waals surface area contributed by atoms with E-state index >= 15 is 0 Å². The van der Waals surface area contributed by atoms with Gasteiger partial charge in [0.25, 0.3) is 0 Å². The molecule has 2 nitrogen and oxygen atoms in total. The van der Waals surface area contributed by atoms with Gasteiger partial charge < -0.3 is 4.74 Å². The van der Waals surface area contributed by atoms with Crippen molar-refractivity contribution >= 4 is 14.0 Å². The molecular weight excluding hydrogens is 216 g/mol. The summed E-state index contributed by atoms with van der Waals surface area (Å²) in [6.07, 6.45) is 4.66. The number of carbonyl (C=O) groups is 1. The molecule has 0 unspecified atom stereocenters. The zero-order valence-corrected chi connectivity index (χ0v) is 12.0. The second kappa shape index (κ2) is 5.17. The molecule has 0 aromatic heterocycles. The van der Waals surface area contributed by atoms with E-state index in [1.807, 2.05) is 0 Å². The van der Waals surface area contributed by atoms with Crippen LogP contribution in [-0.2, 0) is 9.53 Å². The molecule has 1 saturated carbocycles. The predicted octanol–water partition coefficient (Wildman–Crippen LogP) is 3.76. The van der Waals surface area contributed by atoms with Crippen LogP contribution < -0.4 is 0 Å². The quantitative estimate of drug-likeness (QED) is 0.426. The van der Waals surface area contributed by atoms with Gasteiger partial charge in [-0.25, -0.2) is 4.79 Å². The Bertz CT molecular complexity index is 270. The second-order valence-corrected chi connectivity index (χ2v) is 11.6. The highest BCUT2D eigenvalue weighted by molar-refractivity contribution is 6.77. The molecular formula is C13H24O2Si. The Hall–Kier alpha value is -0.573. The summed E-state index contributed by atoms with van der Waals surface area (Å²) in [6, 6.07) is 0. The number of carbonyl (C=O) groups excluding carboxylic acids is 1. The minimum absolute atomic E-state index is 0.136. The normalized spacial score (nSPS) is 26.2. The smallest absolute Gasteiger partial charge is 0.333 e. The fourth-order valence-corrected chi connectivity index (χ4v) is 4.36. The van der Waals surface area contributed by atoms with Crippen LogP contribution >= 0.6 is 0 Å². The lowest BCUT2D eigenvalue weighted by Gasteiger charge is -2.35. The van der Waals surface area contributed by atoms with E-state index in [1.54, 1.807) is 6.92 Å². The summed E-state index contributed by atoms with van der Waals surface area (Å²) in [5.41, 5.74) is 1.40. The van der Waals surface area contributed by atoms with Gasteiger partial charge in [0.1, 0.15) is 6.10 Å². The van der Waals surface area contributed by atoms with Gasteiger partial charge in [-0.3, -0.25) is 0 Å². The van der Waals surface area contributed by atoms with E-state index in [1.165, 1.54) is 12.8 Å². The lowest BCUT2D eigenvalue weighted by atomic mass is 9.97. The molecule has 1 aliphatic rings. The highest BCUT2D eigenvalue weighted by Gasteiger charge is 2.32. The molecule has 0 N–H and O–H groups in total. The molecule has 0 aromatic rings. The molecule has 0 aliphatic heterocycles. The van der Waals surface area contributed by atoms with E-state index in [9.17, 15) is 4.79 Å². The van der Waals surface area contributed by atoms with Crippen LogP contribution in [0.5, 0.6) is 0 Å². The van der Waals surface area contributed by atoms with Crippen LogP contribution in [0, 0.1) is 0 Å². The number of hydrogen-bond acceptors (Lipinski definition) is 2. The molecule has 0 saturated heterocycles.